The van der Waals surface area contributed by atoms with Gasteiger partial charge in [0, 0.05) is 19.3 Å². The van der Waals surface area contributed by atoms with Gasteiger partial charge in [-0.25, -0.2) is 0 Å². The zero-order valence-corrected chi connectivity index (χ0v) is 39.0. The van der Waals surface area contributed by atoms with Crippen LogP contribution in [0.5, 0.6) is 0 Å². The van der Waals surface area contributed by atoms with E-state index in [2.05, 4.69) is 69.4 Å². The van der Waals surface area contributed by atoms with E-state index in [0.717, 1.165) is 89.9 Å². The third kappa shape index (κ3) is 46.3. The summed E-state index contributed by atoms with van der Waals surface area (Å²) in [6.45, 7) is 6.48. The maximum atomic E-state index is 12.7. The van der Waals surface area contributed by atoms with Crippen molar-refractivity contribution in [2.75, 3.05) is 13.2 Å². The van der Waals surface area contributed by atoms with Crippen molar-refractivity contribution in [1.82, 2.24) is 0 Å². The molecule has 0 aromatic carbocycles. The fraction of sp³-hybridized carbons (Fsp3) is 0.792. The molecule has 0 bridgehead atoms. The van der Waals surface area contributed by atoms with Gasteiger partial charge in [0.2, 0.25) is 0 Å². The van der Waals surface area contributed by atoms with Gasteiger partial charge < -0.3 is 14.2 Å². The lowest BCUT2D eigenvalue weighted by molar-refractivity contribution is -0.167. The first kappa shape index (κ1) is 56.4. The molecule has 0 rings (SSSR count). The Labute approximate surface area is 365 Å². The van der Waals surface area contributed by atoms with Crippen LogP contribution in [-0.2, 0) is 28.6 Å². The van der Waals surface area contributed by atoms with Crippen LogP contribution >= 0.6 is 0 Å². The monoisotopic (exact) mass is 827 g/mol. The summed E-state index contributed by atoms with van der Waals surface area (Å²) in [5.74, 6) is -0.941. The van der Waals surface area contributed by atoms with E-state index in [1.54, 1.807) is 0 Å². The normalized spacial score (nSPS) is 12.4. The Morgan fingerprint density at radius 2 is 0.661 bits per heavy atom. The zero-order chi connectivity index (χ0) is 43.0. The molecule has 342 valence electrons. The number of esters is 3. The van der Waals surface area contributed by atoms with E-state index in [-0.39, 0.29) is 31.1 Å². The molecule has 6 heteroatoms. The molecular formula is C53H94O6. The number of rotatable bonds is 45. The molecule has 0 saturated heterocycles. The van der Waals surface area contributed by atoms with Gasteiger partial charge in [-0.1, -0.05) is 204 Å². The van der Waals surface area contributed by atoms with Crippen molar-refractivity contribution in [3.05, 3.63) is 48.6 Å². The fourth-order valence-corrected chi connectivity index (χ4v) is 7.04. The first-order chi connectivity index (χ1) is 29.0. The van der Waals surface area contributed by atoms with Crippen LogP contribution in [0.1, 0.15) is 252 Å². The van der Waals surface area contributed by atoms with Gasteiger partial charge in [0.1, 0.15) is 13.2 Å². The standard InChI is InChI=1S/C53H94O6/c1-4-7-10-13-16-19-22-25-26-27-29-31-34-37-40-43-46-52(55)58-49-50(48-57-51(54)45-42-39-36-33-30-24-21-18-15-12-9-6-3)59-53(56)47-44-41-38-35-32-28-23-20-17-14-11-8-5-2/h9,12,18,21,28,30,32-33,50H,4-8,10-11,13-17,19-20,22-27,29,31,34-49H2,1-3H3/b12-9-,21-18-,32-28-,33-30-. The second-order valence-corrected chi connectivity index (χ2v) is 16.7. The van der Waals surface area contributed by atoms with E-state index in [9.17, 15) is 14.4 Å². The van der Waals surface area contributed by atoms with Gasteiger partial charge in [-0.2, -0.15) is 0 Å². The van der Waals surface area contributed by atoms with Gasteiger partial charge in [-0.3, -0.25) is 14.4 Å². The predicted molar refractivity (Wildman–Crippen MR) is 252 cm³/mol. The summed E-state index contributed by atoms with van der Waals surface area (Å²) in [6, 6.07) is 0. The van der Waals surface area contributed by atoms with Gasteiger partial charge >= 0.3 is 17.9 Å². The highest BCUT2D eigenvalue weighted by Gasteiger charge is 2.19. The van der Waals surface area contributed by atoms with Gasteiger partial charge in [-0.15, -0.1) is 0 Å². The van der Waals surface area contributed by atoms with E-state index < -0.39 is 6.10 Å². The summed E-state index contributed by atoms with van der Waals surface area (Å²) in [4.78, 5) is 37.9. The van der Waals surface area contributed by atoms with Crippen LogP contribution in [0, 0.1) is 0 Å². The molecule has 0 radical (unpaired) electrons. The average Bonchev–Trinajstić information content (AvgIpc) is 3.23. The van der Waals surface area contributed by atoms with Gasteiger partial charge in [-0.05, 0) is 77.0 Å². The van der Waals surface area contributed by atoms with Crippen LogP contribution in [0.2, 0.25) is 0 Å². The second kappa shape index (κ2) is 48.0. The summed E-state index contributed by atoms with van der Waals surface area (Å²) in [5.41, 5.74) is 0. The Morgan fingerprint density at radius 1 is 0.356 bits per heavy atom. The summed E-state index contributed by atoms with van der Waals surface area (Å²) in [7, 11) is 0. The molecule has 6 nitrogen and oxygen atoms in total. The smallest absolute Gasteiger partial charge is 0.306 e. The average molecular weight is 827 g/mol. The van der Waals surface area contributed by atoms with Crippen molar-refractivity contribution < 1.29 is 28.6 Å². The Hall–Kier alpha value is -2.63. The van der Waals surface area contributed by atoms with Crippen molar-refractivity contribution in [2.24, 2.45) is 0 Å². The molecule has 0 heterocycles. The van der Waals surface area contributed by atoms with Crippen molar-refractivity contribution in [3.8, 4) is 0 Å². The minimum Gasteiger partial charge on any atom is -0.462 e. The molecule has 0 aliphatic heterocycles. The number of ether oxygens (including phenoxy) is 3. The van der Waals surface area contributed by atoms with Crippen LogP contribution in [0.15, 0.2) is 48.6 Å². The van der Waals surface area contributed by atoms with Crippen molar-refractivity contribution >= 4 is 17.9 Å². The molecule has 0 aromatic heterocycles. The highest BCUT2D eigenvalue weighted by Crippen LogP contribution is 2.15. The quantitative estimate of drug-likeness (QED) is 0.0263. The van der Waals surface area contributed by atoms with Crippen LogP contribution in [0.3, 0.4) is 0 Å². The first-order valence-electron chi connectivity index (χ1n) is 25.1. The molecule has 0 N–H and O–H groups in total. The lowest BCUT2D eigenvalue weighted by Crippen LogP contribution is -2.30. The lowest BCUT2D eigenvalue weighted by atomic mass is 10.0. The zero-order valence-electron chi connectivity index (χ0n) is 39.0. The third-order valence-electron chi connectivity index (χ3n) is 10.8. The maximum Gasteiger partial charge on any atom is 0.306 e. The fourth-order valence-electron chi connectivity index (χ4n) is 7.04. The van der Waals surface area contributed by atoms with Crippen LogP contribution in [0.4, 0.5) is 0 Å². The summed E-state index contributed by atoms with van der Waals surface area (Å²) in [6.07, 6.45) is 56.7. The van der Waals surface area contributed by atoms with Gasteiger partial charge in [0.15, 0.2) is 6.10 Å². The summed E-state index contributed by atoms with van der Waals surface area (Å²) < 4.78 is 16.7. The molecule has 1 unspecified atom stereocenters. The molecule has 0 aliphatic carbocycles. The molecule has 0 fully saturated rings. The molecule has 59 heavy (non-hydrogen) atoms. The first-order valence-corrected chi connectivity index (χ1v) is 25.1. The third-order valence-corrected chi connectivity index (χ3v) is 10.8. The second-order valence-electron chi connectivity index (χ2n) is 16.7. The largest absolute Gasteiger partial charge is 0.462 e. The number of unbranched alkanes of at least 4 members (excludes halogenated alkanes) is 26. The number of hydrogen-bond acceptors (Lipinski definition) is 6. The summed E-state index contributed by atoms with van der Waals surface area (Å²) >= 11 is 0. The minimum absolute atomic E-state index is 0.0890. The Bertz CT molecular complexity index is 1040. The Morgan fingerprint density at radius 3 is 1.10 bits per heavy atom. The molecule has 0 saturated carbocycles. The van der Waals surface area contributed by atoms with Gasteiger partial charge in [0.25, 0.3) is 0 Å². The number of allylic oxidation sites excluding steroid dienone is 8. The van der Waals surface area contributed by atoms with E-state index in [0.29, 0.717) is 19.3 Å². The maximum absolute atomic E-state index is 12.7. The van der Waals surface area contributed by atoms with Crippen LogP contribution < -0.4 is 0 Å². The van der Waals surface area contributed by atoms with E-state index >= 15 is 0 Å². The van der Waals surface area contributed by atoms with Crippen molar-refractivity contribution in [2.45, 2.75) is 258 Å². The van der Waals surface area contributed by atoms with Crippen LogP contribution in [-0.4, -0.2) is 37.2 Å². The predicted octanol–water partition coefficient (Wildman–Crippen LogP) is 16.3. The van der Waals surface area contributed by atoms with E-state index in [1.807, 2.05) is 0 Å². The molecule has 0 aliphatic rings. The molecule has 0 spiro atoms. The number of carbonyl (C=O) groups excluding carboxylic acids is 3. The minimum atomic E-state index is -0.792. The van der Waals surface area contributed by atoms with Crippen molar-refractivity contribution in [3.63, 3.8) is 0 Å². The van der Waals surface area contributed by atoms with Gasteiger partial charge in [0.05, 0.1) is 0 Å². The van der Waals surface area contributed by atoms with Crippen molar-refractivity contribution in [1.29, 1.82) is 0 Å². The Balaban J connectivity index is 4.40. The number of hydrogen-bond donors (Lipinski definition) is 0. The molecule has 1 atom stereocenters. The molecule has 0 aromatic rings. The summed E-state index contributed by atoms with van der Waals surface area (Å²) in [5, 5.41) is 0. The SMILES string of the molecule is CC/C=C\C/C=C\C/C=C\CCCCC(=O)OCC(COC(=O)CCCCCCCCCCCCCCCCCC)OC(=O)CCCCC/C=C\CCCCCCCC. The van der Waals surface area contributed by atoms with E-state index in [1.165, 1.54) is 122 Å². The Kier molecular flexibility index (Phi) is 45.9. The highest BCUT2D eigenvalue weighted by atomic mass is 16.6. The number of carbonyl (C=O) groups is 3. The van der Waals surface area contributed by atoms with E-state index in [4.69, 9.17) is 14.2 Å². The highest BCUT2D eigenvalue weighted by molar-refractivity contribution is 5.71. The topological polar surface area (TPSA) is 78.9 Å². The molecule has 0 amide bonds. The van der Waals surface area contributed by atoms with Crippen LogP contribution in [0.25, 0.3) is 0 Å². The lowest BCUT2D eigenvalue weighted by Gasteiger charge is -2.18. The molecular weight excluding hydrogens is 733 g/mol.